The van der Waals surface area contributed by atoms with E-state index >= 15 is 0 Å². The fraction of sp³-hybridized carbons (Fsp3) is 0.615. The Labute approximate surface area is 217 Å². The lowest BCUT2D eigenvalue weighted by molar-refractivity contribution is -0.128. The van der Waals surface area contributed by atoms with Gasteiger partial charge in [0.15, 0.2) is 0 Å². The lowest BCUT2D eigenvalue weighted by atomic mass is 9.95. The predicted molar refractivity (Wildman–Crippen MR) is 136 cm³/mol. The molecule has 0 aliphatic carbocycles. The van der Waals surface area contributed by atoms with Crippen molar-refractivity contribution in [2.24, 2.45) is 11.8 Å². The number of nitrogens with one attached hydrogen (secondary N) is 2. The first-order valence-electron chi connectivity index (χ1n) is 12.8. The van der Waals surface area contributed by atoms with Crippen LogP contribution < -0.4 is 15.5 Å². The topological polar surface area (TPSA) is 127 Å². The first-order valence-corrected chi connectivity index (χ1v) is 12.8. The highest BCUT2D eigenvalue weighted by atomic mass is 16.5. The molecule has 0 saturated carbocycles. The number of rotatable bonds is 13. The molecule has 2 aliphatic rings. The van der Waals surface area contributed by atoms with Crippen LogP contribution in [0, 0.1) is 11.8 Å². The zero-order valence-electron chi connectivity index (χ0n) is 21.7. The summed E-state index contributed by atoms with van der Waals surface area (Å²) >= 11 is 0. The first kappa shape index (κ1) is 28.4. The zero-order valence-corrected chi connectivity index (χ0v) is 21.7. The largest absolute Gasteiger partial charge is 0.465 e. The Morgan fingerprint density at radius 3 is 1.97 bits per heavy atom. The molecule has 1 unspecified atom stereocenters. The van der Waals surface area contributed by atoms with Gasteiger partial charge in [0, 0.05) is 57.8 Å². The van der Waals surface area contributed by atoms with Gasteiger partial charge in [0.1, 0.15) is 0 Å². The molecule has 2 fully saturated rings. The third-order valence-corrected chi connectivity index (χ3v) is 6.69. The smallest absolute Gasteiger partial charge is 0.337 e. The molecule has 3 amide bonds. The van der Waals surface area contributed by atoms with Crippen molar-refractivity contribution in [3.8, 4) is 0 Å². The maximum atomic E-state index is 12.5. The summed E-state index contributed by atoms with van der Waals surface area (Å²) in [4.78, 5) is 51.3. The molecule has 2 heterocycles. The van der Waals surface area contributed by atoms with Crippen molar-refractivity contribution in [3.63, 3.8) is 0 Å². The van der Waals surface area contributed by atoms with Crippen molar-refractivity contribution in [1.82, 2.24) is 15.5 Å². The summed E-state index contributed by atoms with van der Waals surface area (Å²) in [5.41, 5.74) is 1.55. The van der Waals surface area contributed by atoms with Crippen molar-refractivity contribution >= 4 is 29.4 Å². The number of anilines is 1. The number of hydrogen-bond donors (Lipinski definition) is 2. The monoisotopic (exact) mass is 518 g/mol. The summed E-state index contributed by atoms with van der Waals surface area (Å²) < 4.78 is 15.7. The van der Waals surface area contributed by atoms with E-state index in [4.69, 9.17) is 14.2 Å². The minimum absolute atomic E-state index is 0.00375. The fourth-order valence-corrected chi connectivity index (χ4v) is 4.47. The first-order chi connectivity index (χ1) is 17.9. The number of benzene rings is 1. The normalized spacial score (nSPS) is 18.1. The molecular formula is C26H38N4O7. The van der Waals surface area contributed by atoms with Crippen LogP contribution in [0.2, 0.25) is 0 Å². The summed E-state index contributed by atoms with van der Waals surface area (Å²) in [5.74, 6) is -0.732. The van der Waals surface area contributed by atoms with E-state index < -0.39 is 0 Å². The van der Waals surface area contributed by atoms with Crippen LogP contribution in [0.5, 0.6) is 0 Å². The second kappa shape index (κ2) is 14.5. The molecule has 11 heteroatoms. The molecule has 0 radical (unpaired) electrons. The van der Waals surface area contributed by atoms with Crippen molar-refractivity contribution in [1.29, 1.82) is 0 Å². The number of ether oxygens (including phenoxy) is 3. The van der Waals surface area contributed by atoms with E-state index in [-0.39, 0.29) is 41.9 Å². The number of likely N-dealkylation sites (tertiary alicyclic amines) is 1. The Morgan fingerprint density at radius 2 is 1.46 bits per heavy atom. The molecule has 3 rings (SSSR count). The van der Waals surface area contributed by atoms with E-state index in [9.17, 15) is 19.2 Å². The van der Waals surface area contributed by atoms with E-state index in [1.54, 1.807) is 24.1 Å². The van der Waals surface area contributed by atoms with E-state index in [1.807, 2.05) is 12.1 Å². The van der Waals surface area contributed by atoms with Crippen LogP contribution in [-0.2, 0) is 28.6 Å². The van der Waals surface area contributed by atoms with Gasteiger partial charge in [0.25, 0.3) is 0 Å². The Kier molecular flexibility index (Phi) is 11.2. The molecule has 1 aromatic carbocycles. The molecule has 204 valence electrons. The number of methoxy groups -OCH3 is 1. The molecule has 0 aromatic heterocycles. The predicted octanol–water partition coefficient (Wildman–Crippen LogP) is 0.434. The second-order valence-corrected chi connectivity index (χ2v) is 9.28. The maximum Gasteiger partial charge on any atom is 0.337 e. The zero-order chi connectivity index (χ0) is 26.6. The molecule has 2 aliphatic heterocycles. The number of piperidine rings is 1. The standard InChI is InChI=1S/C26H38N4O7/c1-29-18-21(17-23(29)31)25(33)28-10-14-37-16-15-36-13-9-27-24(32)19-7-11-30(12-8-19)22-5-3-20(4-6-22)26(34)35-2/h3-6,19,21H,7-18H2,1-2H3,(H,27,32)(H,28,33). The number of nitrogens with zero attached hydrogens (tertiary/aromatic N) is 2. The summed E-state index contributed by atoms with van der Waals surface area (Å²) in [7, 11) is 3.06. The Hall–Kier alpha value is -3.18. The van der Waals surface area contributed by atoms with Gasteiger partial charge in [-0.25, -0.2) is 4.79 Å². The minimum Gasteiger partial charge on any atom is -0.465 e. The van der Waals surface area contributed by atoms with Crippen molar-refractivity contribution in [2.45, 2.75) is 19.3 Å². The van der Waals surface area contributed by atoms with Crippen LogP contribution in [0.25, 0.3) is 0 Å². The van der Waals surface area contributed by atoms with Gasteiger partial charge in [0.2, 0.25) is 17.7 Å². The van der Waals surface area contributed by atoms with Gasteiger partial charge >= 0.3 is 5.97 Å². The van der Waals surface area contributed by atoms with Crippen LogP contribution in [-0.4, -0.2) is 102 Å². The SMILES string of the molecule is COC(=O)c1ccc(N2CCC(C(=O)NCCOCCOCCNC(=O)C3CC(=O)N(C)C3)CC2)cc1. The molecular weight excluding hydrogens is 480 g/mol. The summed E-state index contributed by atoms with van der Waals surface area (Å²) in [5, 5.41) is 5.73. The van der Waals surface area contributed by atoms with E-state index in [1.165, 1.54) is 7.11 Å². The Balaban J connectivity index is 1.17. The quantitative estimate of drug-likeness (QED) is 0.285. The van der Waals surface area contributed by atoms with Gasteiger partial charge in [-0.1, -0.05) is 0 Å². The average Bonchev–Trinajstić information content (AvgIpc) is 3.27. The van der Waals surface area contributed by atoms with Crippen molar-refractivity contribution < 1.29 is 33.4 Å². The number of amides is 3. The van der Waals surface area contributed by atoms with Gasteiger partial charge in [-0.15, -0.1) is 0 Å². The van der Waals surface area contributed by atoms with Crippen LogP contribution in [0.1, 0.15) is 29.6 Å². The van der Waals surface area contributed by atoms with E-state index in [0.717, 1.165) is 31.6 Å². The highest BCUT2D eigenvalue weighted by molar-refractivity contribution is 5.90. The molecule has 1 aromatic rings. The highest BCUT2D eigenvalue weighted by Crippen LogP contribution is 2.24. The lowest BCUT2D eigenvalue weighted by Gasteiger charge is -2.33. The number of hydrogen-bond acceptors (Lipinski definition) is 8. The summed E-state index contributed by atoms with van der Waals surface area (Å²) in [6, 6.07) is 7.32. The molecule has 2 saturated heterocycles. The van der Waals surface area contributed by atoms with Crippen LogP contribution in [0.15, 0.2) is 24.3 Å². The van der Waals surface area contributed by atoms with Gasteiger partial charge in [-0.3, -0.25) is 14.4 Å². The van der Waals surface area contributed by atoms with Gasteiger partial charge in [0.05, 0.1) is 45.0 Å². The van der Waals surface area contributed by atoms with Crippen LogP contribution in [0.3, 0.4) is 0 Å². The molecule has 2 N–H and O–H groups in total. The molecule has 1 atom stereocenters. The van der Waals surface area contributed by atoms with Crippen molar-refractivity contribution in [2.75, 3.05) is 78.2 Å². The molecule has 37 heavy (non-hydrogen) atoms. The van der Waals surface area contributed by atoms with E-state index in [0.29, 0.717) is 51.6 Å². The van der Waals surface area contributed by atoms with Crippen LogP contribution in [0.4, 0.5) is 5.69 Å². The highest BCUT2D eigenvalue weighted by Gasteiger charge is 2.31. The third kappa shape index (κ3) is 8.71. The maximum absolute atomic E-state index is 12.5. The minimum atomic E-state index is -0.354. The summed E-state index contributed by atoms with van der Waals surface area (Å²) in [6.07, 6.45) is 1.80. The number of carbonyl (C=O) groups is 4. The Morgan fingerprint density at radius 1 is 0.892 bits per heavy atom. The van der Waals surface area contributed by atoms with E-state index in [2.05, 4.69) is 15.5 Å². The van der Waals surface area contributed by atoms with Crippen LogP contribution >= 0.6 is 0 Å². The number of carbonyl (C=O) groups excluding carboxylic acids is 4. The lowest BCUT2D eigenvalue weighted by Crippen LogP contribution is -2.41. The molecule has 0 spiro atoms. The third-order valence-electron chi connectivity index (χ3n) is 6.69. The summed E-state index contributed by atoms with van der Waals surface area (Å²) in [6.45, 7) is 4.42. The number of esters is 1. The van der Waals surface area contributed by atoms with Gasteiger partial charge in [-0.2, -0.15) is 0 Å². The second-order valence-electron chi connectivity index (χ2n) is 9.28. The van der Waals surface area contributed by atoms with Gasteiger partial charge < -0.3 is 34.6 Å². The average molecular weight is 519 g/mol. The fourth-order valence-electron chi connectivity index (χ4n) is 4.47. The van der Waals surface area contributed by atoms with Gasteiger partial charge in [-0.05, 0) is 37.1 Å². The molecule has 11 nitrogen and oxygen atoms in total. The van der Waals surface area contributed by atoms with Crippen molar-refractivity contribution in [3.05, 3.63) is 29.8 Å². The molecule has 0 bridgehead atoms. The Bertz CT molecular complexity index is 916.